The molecule has 7 atom stereocenters. The Morgan fingerprint density at radius 3 is 2.09 bits per heavy atom. The average molecular weight is 658 g/mol. The lowest BCUT2D eigenvalue weighted by Gasteiger charge is -2.59. The highest BCUT2D eigenvalue weighted by atomic mass is 19.4. The van der Waals surface area contributed by atoms with Crippen LogP contribution in [0.4, 0.5) is 22.0 Å². The molecule has 2 aromatic rings. The van der Waals surface area contributed by atoms with Gasteiger partial charge in [0.1, 0.15) is 5.60 Å². The number of alkyl halides is 5. The first-order valence-corrected chi connectivity index (χ1v) is 17.1. The second-order valence-corrected chi connectivity index (χ2v) is 15.1. The summed E-state index contributed by atoms with van der Waals surface area (Å²) in [5, 5.41) is 11.5. The average Bonchev–Trinajstić information content (AvgIpc) is 3.33. The maximum atomic E-state index is 15.3. The van der Waals surface area contributed by atoms with Crippen molar-refractivity contribution in [3.63, 3.8) is 0 Å². The van der Waals surface area contributed by atoms with Crippen molar-refractivity contribution in [2.45, 2.75) is 88.6 Å². The van der Waals surface area contributed by atoms with E-state index in [0.29, 0.717) is 25.7 Å². The zero-order valence-electron chi connectivity index (χ0n) is 26.9. The maximum absolute atomic E-state index is 15.3. The summed E-state index contributed by atoms with van der Waals surface area (Å²) in [7, 11) is 0. The summed E-state index contributed by atoms with van der Waals surface area (Å²) >= 11 is 0. The van der Waals surface area contributed by atoms with E-state index in [9.17, 15) is 23.1 Å². The lowest BCUT2D eigenvalue weighted by Crippen LogP contribution is -2.66. The Labute approximate surface area is 273 Å². The lowest BCUT2D eigenvalue weighted by molar-refractivity contribution is -0.364. The molecule has 4 fully saturated rings. The summed E-state index contributed by atoms with van der Waals surface area (Å²) < 4.78 is 72.2. The van der Waals surface area contributed by atoms with Gasteiger partial charge in [-0.2, -0.15) is 22.0 Å². The summed E-state index contributed by atoms with van der Waals surface area (Å²) in [6.07, 6.45) is 1.57. The Morgan fingerprint density at radius 2 is 1.47 bits per heavy atom. The maximum Gasteiger partial charge on any atom is 0.456 e. The first-order chi connectivity index (χ1) is 22.3. The fraction of sp³-hybridized carbons (Fsp3) is 0.622. The number of ketones is 1. The highest BCUT2D eigenvalue weighted by molar-refractivity contribution is 5.91. The second-order valence-electron chi connectivity index (χ2n) is 15.1. The number of carbonyl (C=O) groups is 1. The van der Waals surface area contributed by atoms with Crippen LogP contribution in [0.25, 0.3) is 0 Å². The number of benzene rings is 1. The molecule has 10 heteroatoms. The molecule has 3 saturated carbocycles. The highest BCUT2D eigenvalue weighted by Gasteiger charge is 2.79. The van der Waals surface area contributed by atoms with Crippen LogP contribution < -0.4 is 0 Å². The van der Waals surface area contributed by atoms with Gasteiger partial charge < -0.3 is 5.11 Å². The van der Waals surface area contributed by atoms with Gasteiger partial charge in [-0.15, -0.1) is 0 Å². The van der Waals surface area contributed by atoms with Gasteiger partial charge in [0.25, 0.3) is 0 Å². The van der Waals surface area contributed by atoms with Gasteiger partial charge in [0.05, 0.1) is 0 Å². The summed E-state index contributed by atoms with van der Waals surface area (Å²) in [6, 6.07) is 12.3. The van der Waals surface area contributed by atoms with Gasteiger partial charge in [-0.3, -0.25) is 19.6 Å². The van der Waals surface area contributed by atoms with Crippen molar-refractivity contribution in [1.29, 1.82) is 0 Å². The Kier molecular flexibility index (Phi) is 8.40. The number of nitrogens with zero attached hydrogens (tertiary/aromatic N) is 3. The van der Waals surface area contributed by atoms with Gasteiger partial charge in [0, 0.05) is 63.5 Å². The molecule has 1 aliphatic heterocycles. The van der Waals surface area contributed by atoms with Crippen LogP contribution in [-0.2, 0) is 17.9 Å². The molecule has 0 bridgehead atoms. The minimum Gasteiger partial charge on any atom is -0.383 e. The molecule has 1 saturated heterocycles. The summed E-state index contributed by atoms with van der Waals surface area (Å²) in [5.41, 5.74) is -0.394. The predicted molar refractivity (Wildman–Crippen MR) is 167 cm³/mol. The van der Waals surface area contributed by atoms with Crippen LogP contribution in [0.1, 0.15) is 74.5 Å². The first kappa shape index (κ1) is 32.8. The van der Waals surface area contributed by atoms with Crippen LogP contribution in [0.3, 0.4) is 0 Å². The largest absolute Gasteiger partial charge is 0.456 e. The van der Waals surface area contributed by atoms with Crippen LogP contribution in [0.15, 0.2) is 60.4 Å². The van der Waals surface area contributed by atoms with Crippen molar-refractivity contribution in [3.05, 3.63) is 77.1 Å². The fourth-order valence-corrected chi connectivity index (χ4v) is 10.4. The molecule has 1 N–H and O–H groups in total. The van der Waals surface area contributed by atoms with Crippen molar-refractivity contribution in [1.82, 2.24) is 14.8 Å². The van der Waals surface area contributed by atoms with E-state index in [1.165, 1.54) is 12.5 Å². The predicted octanol–water partition coefficient (Wildman–Crippen LogP) is 7.16. The molecular formula is C37H44F5N3O2. The van der Waals surface area contributed by atoms with Gasteiger partial charge in [-0.1, -0.05) is 36.8 Å². The molecule has 254 valence electrons. The van der Waals surface area contributed by atoms with Gasteiger partial charge >= 0.3 is 12.1 Å². The molecule has 5 nitrogen and oxygen atoms in total. The van der Waals surface area contributed by atoms with Crippen molar-refractivity contribution in [2.24, 2.45) is 29.1 Å². The van der Waals surface area contributed by atoms with Crippen LogP contribution in [0.5, 0.6) is 0 Å². The Hall–Kier alpha value is -2.69. The molecule has 0 spiro atoms. The van der Waals surface area contributed by atoms with Crippen LogP contribution in [0.2, 0.25) is 0 Å². The summed E-state index contributed by atoms with van der Waals surface area (Å²) in [5.74, 6) is -5.84. The van der Waals surface area contributed by atoms with Crippen molar-refractivity contribution in [3.8, 4) is 0 Å². The van der Waals surface area contributed by atoms with Crippen LogP contribution >= 0.6 is 0 Å². The van der Waals surface area contributed by atoms with Gasteiger partial charge in [-0.25, -0.2) is 0 Å². The molecule has 4 unspecified atom stereocenters. The number of fused-ring (bicyclic) bond motifs is 5. The molecular weight excluding hydrogens is 613 g/mol. The lowest BCUT2D eigenvalue weighted by atomic mass is 9.46. The minimum atomic E-state index is -5.84. The van der Waals surface area contributed by atoms with E-state index >= 15 is 8.78 Å². The SMILES string of the molecule is C[C@]12C[C@H](c3ccc(CN4CCN(Cc5ccncc5)CC4)cc3)C3C4CCC(=O)C=C4CCC3C1CC[C@@]2(O)C(F)(F)C(F)(F)F. The van der Waals surface area contributed by atoms with E-state index in [1.807, 2.05) is 36.7 Å². The third-order valence-electron chi connectivity index (χ3n) is 12.8. The van der Waals surface area contributed by atoms with Gasteiger partial charge in [0.2, 0.25) is 0 Å². The molecule has 0 amide bonds. The molecule has 1 aromatic heterocycles. The van der Waals surface area contributed by atoms with E-state index in [1.54, 1.807) is 6.08 Å². The molecule has 5 aliphatic rings. The zero-order valence-corrected chi connectivity index (χ0v) is 26.9. The number of rotatable bonds is 6. The molecule has 7 rings (SSSR count). The number of hydrogen-bond acceptors (Lipinski definition) is 5. The quantitative estimate of drug-likeness (QED) is 0.334. The topological polar surface area (TPSA) is 56.7 Å². The zero-order chi connectivity index (χ0) is 33.2. The summed E-state index contributed by atoms with van der Waals surface area (Å²) in [6.45, 7) is 6.93. The van der Waals surface area contributed by atoms with E-state index < -0.39 is 35.5 Å². The number of carbonyl (C=O) groups excluding carboxylic acids is 1. The van der Waals surface area contributed by atoms with Gasteiger partial charge in [-0.05, 0) is 103 Å². The van der Waals surface area contributed by atoms with Crippen molar-refractivity contribution >= 4 is 5.78 Å². The van der Waals surface area contributed by atoms with E-state index in [-0.39, 0.29) is 42.3 Å². The third-order valence-corrected chi connectivity index (χ3v) is 12.8. The minimum absolute atomic E-state index is 0.0300. The normalized spacial score (nSPS) is 35.2. The highest BCUT2D eigenvalue weighted by Crippen LogP contribution is 2.71. The molecule has 47 heavy (non-hydrogen) atoms. The molecule has 4 aliphatic carbocycles. The third kappa shape index (κ3) is 5.56. The summed E-state index contributed by atoms with van der Waals surface area (Å²) in [4.78, 5) is 21.3. The standard InChI is InChI=1S/C37H44F5N3O2/c1-34-21-31(26-4-2-24(3-5-26)22-44-16-18-45(19-17-44)23-25-11-14-43-15-12-25)33-29-9-7-28(46)20-27(29)6-8-30(33)32(34)10-13-35(34,47)36(38,39)37(40,41)42/h2-5,11-12,14-15,20,29-33,47H,6-10,13,16-19,21-23H2,1H3/t29?,30?,31-,32?,33?,34+,35+/m1/s1. The molecule has 0 radical (unpaired) electrons. The van der Waals surface area contributed by atoms with E-state index in [2.05, 4.69) is 26.9 Å². The molecule has 2 heterocycles. The molecule has 1 aromatic carbocycles. The van der Waals surface area contributed by atoms with Gasteiger partial charge in [0.15, 0.2) is 5.78 Å². The number of pyridine rings is 1. The number of hydrogen-bond donors (Lipinski definition) is 1. The van der Waals surface area contributed by atoms with Crippen LogP contribution in [0, 0.1) is 29.1 Å². The number of aliphatic hydroxyl groups is 1. The Balaban J connectivity index is 1.13. The first-order valence-electron chi connectivity index (χ1n) is 17.1. The number of aromatic nitrogens is 1. The fourth-order valence-electron chi connectivity index (χ4n) is 10.4. The van der Waals surface area contributed by atoms with Crippen LogP contribution in [-0.4, -0.2) is 69.6 Å². The van der Waals surface area contributed by atoms with Crippen molar-refractivity contribution in [2.75, 3.05) is 26.2 Å². The second kappa shape index (κ2) is 12.0. The smallest absolute Gasteiger partial charge is 0.383 e. The number of piperazine rings is 1. The Bertz CT molecular complexity index is 1490. The number of halogens is 5. The monoisotopic (exact) mass is 657 g/mol. The van der Waals surface area contributed by atoms with E-state index in [4.69, 9.17) is 0 Å². The van der Waals surface area contributed by atoms with E-state index in [0.717, 1.165) is 56.0 Å². The Morgan fingerprint density at radius 1 is 0.851 bits per heavy atom. The number of allylic oxidation sites excluding steroid dienone is 1. The van der Waals surface area contributed by atoms with Crippen molar-refractivity contribution < 1.29 is 31.9 Å².